The van der Waals surface area contributed by atoms with Crippen LogP contribution in [0, 0.1) is 0 Å². The second kappa shape index (κ2) is 11.3. The lowest BCUT2D eigenvalue weighted by atomic mass is 9.89. The van der Waals surface area contributed by atoms with E-state index in [1.165, 1.54) is 34.7 Å². The standard InChI is InChI=1S/C32H30N2OS/c1-2-3-21-36-22-25-18-17-23-11-7-9-15-27(23)30(25)31-28-16-10-8-12-24(28)19-20-29(31)34-32(35)33-26-13-5-4-6-14-26/h4-20H,2-3,21-22H2,1H3,(H2,33,34,35). The fourth-order valence-corrected chi connectivity index (χ4v) is 5.71. The molecule has 4 heteroatoms. The summed E-state index contributed by atoms with van der Waals surface area (Å²) in [6, 6.07) is 34.8. The van der Waals surface area contributed by atoms with Crippen LogP contribution in [0.5, 0.6) is 0 Å². The smallest absolute Gasteiger partial charge is 0.308 e. The summed E-state index contributed by atoms with van der Waals surface area (Å²) >= 11 is 1.98. The van der Waals surface area contributed by atoms with Gasteiger partial charge in [0.05, 0.1) is 5.69 Å². The number of hydrogen-bond acceptors (Lipinski definition) is 2. The highest BCUT2D eigenvalue weighted by atomic mass is 32.2. The first-order valence-corrected chi connectivity index (χ1v) is 13.6. The summed E-state index contributed by atoms with van der Waals surface area (Å²) in [6.07, 6.45) is 2.42. The number of fused-ring (bicyclic) bond motifs is 2. The van der Waals surface area contributed by atoms with Crippen LogP contribution in [-0.2, 0) is 5.75 Å². The molecule has 2 N–H and O–H groups in total. The molecule has 0 fully saturated rings. The molecule has 0 aliphatic heterocycles. The number of benzene rings is 5. The summed E-state index contributed by atoms with van der Waals surface area (Å²) in [6.45, 7) is 2.23. The maximum absolute atomic E-state index is 13.1. The number of urea groups is 1. The van der Waals surface area contributed by atoms with Crippen LogP contribution in [0.2, 0.25) is 0 Å². The molecule has 0 saturated heterocycles. The van der Waals surface area contributed by atoms with Crippen molar-refractivity contribution in [1.82, 2.24) is 0 Å². The van der Waals surface area contributed by atoms with E-state index >= 15 is 0 Å². The average Bonchev–Trinajstić information content (AvgIpc) is 2.91. The number of unbranched alkanes of at least 4 members (excludes halogenated alkanes) is 1. The van der Waals surface area contributed by atoms with Crippen LogP contribution >= 0.6 is 11.8 Å². The van der Waals surface area contributed by atoms with Crippen LogP contribution in [0.25, 0.3) is 32.7 Å². The molecule has 0 aliphatic rings. The van der Waals surface area contributed by atoms with Crippen molar-refractivity contribution < 1.29 is 4.79 Å². The molecule has 0 aliphatic carbocycles. The van der Waals surface area contributed by atoms with Gasteiger partial charge in [-0.05, 0) is 63.0 Å². The molecule has 0 saturated carbocycles. The molecular weight excluding hydrogens is 460 g/mol. The molecule has 3 nitrogen and oxygen atoms in total. The lowest BCUT2D eigenvalue weighted by molar-refractivity contribution is 0.262. The molecule has 0 radical (unpaired) electrons. The van der Waals surface area contributed by atoms with Gasteiger partial charge in [0.1, 0.15) is 0 Å². The number of hydrogen-bond donors (Lipinski definition) is 2. The van der Waals surface area contributed by atoms with Crippen molar-refractivity contribution in [1.29, 1.82) is 0 Å². The topological polar surface area (TPSA) is 41.1 Å². The van der Waals surface area contributed by atoms with Crippen molar-refractivity contribution in [2.45, 2.75) is 25.5 Å². The Bertz CT molecular complexity index is 1500. The third-order valence-corrected chi connectivity index (χ3v) is 7.47. The van der Waals surface area contributed by atoms with E-state index < -0.39 is 0 Å². The first-order chi connectivity index (χ1) is 17.7. The monoisotopic (exact) mass is 490 g/mol. The Morgan fingerprint density at radius 1 is 0.694 bits per heavy atom. The third kappa shape index (κ3) is 5.24. The molecule has 5 rings (SSSR count). The van der Waals surface area contributed by atoms with E-state index in [1.54, 1.807) is 0 Å². The van der Waals surface area contributed by atoms with Gasteiger partial charge < -0.3 is 10.6 Å². The zero-order valence-electron chi connectivity index (χ0n) is 20.5. The molecule has 36 heavy (non-hydrogen) atoms. The zero-order chi connectivity index (χ0) is 24.7. The molecule has 0 bridgehead atoms. The van der Waals surface area contributed by atoms with Crippen molar-refractivity contribution in [3.8, 4) is 11.1 Å². The predicted octanol–water partition coefficient (Wildman–Crippen LogP) is 9.34. The number of carbonyl (C=O) groups is 1. The fourth-order valence-electron chi connectivity index (χ4n) is 4.61. The number of para-hydroxylation sites is 1. The van der Waals surface area contributed by atoms with Crippen LogP contribution in [-0.4, -0.2) is 11.8 Å². The van der Waals surface area contributed by atoms with Crippen LogP contribution in [0.1, 0.15) is 25.3 Å². The van der Waals surface area contributed by atoms with E-state index in [-0.39, 0.29) is 6.03 Å². The number of anilines is 2. The van der Waals surface area contributed by atoms with Crippen molar-refractivity contribution >= 4 is 50.7 Å². The highest BCUT2D eigenvalue weighted by Gasteiger charge is 2.18. The van der Waals surface area contributed by atoms with Crippen LogP contribution in [0.15, 0.2) is 103 Å². The van der Waals surface area contributed by atoms with Gasteiger partial charge in [0.2, 0.25) is 0 Å². The van der Waals surface area contributed by atoms with E-state index in [0.29, 0.717) is 0 Å². The van der Waals surface area contributed by atoms with Gasteiger partial charge in [0.25, 0.3) is 0 Å². The Morgan fingerprint density at radius 2 is 1.33 bits per heavy atom. The SMILES string of the molecule is CCCCSCc1ccc2ccccc2c1-c1c(NC(=O)Nc2ccccc2)ccc2ccccc12. The lowest BCUT2D eigenvalue weighted by Crippen LogP contribution is -2.20. The summed E-state index contributed by atoms with van der Waals surface area (Å²) < 4.78 is 0. The van der Waals surface area contributed by atoms with Gasteiger partial charge in [0.15, 0.2) is 0 Å². The molecule has 0 unspecified atom stereocenters. The van der Waals surface area contributed by atoms with Crippen LogP contribution in [0.4, 0.5) is 16.2 Å². The van der Waals surface area contributed by atoms with Gasteiger partial charge in [0, 0.05) is 17.0 Å². The minimum atomic E-state index is -0.253. The van der Waals surface area contributed by atoms with E-state index in [0.717, 1.165) is 39.2 Å². The Hall–Kier alpha value is -3.76. The van der Waals surface area contributed by atoms with Crippen molar-refractivity contribution in [2.75, 3.05) is 16.4 Å². The quantitative estimate of drug-likeness (QED) is 0.213. The molecule has 0 spiro atoms. The first-order valence-electron chi connectivity index (χ1n) is 12.5. The minimum Gasteiger partial charge on any atom is -0.308 e. The van der Waals surface area contributed by atoms with Gasteiger partial charge in [-0.3, -0.25) is 0 Å². The summed E-state index contributed by atoms with van der Waals surface area (Å²) in [5.74, 6) is 2.07. The first kappa shape index (κ1) is 24.0. The Morgan fingerprint density at radius 3 is 2.06 bits per heavy atom. The lowest BCUT2D eigenvalue weighted by Gasteiger charge is -2.20. The number of rotatable bonds is 8. The second-order valence-corrected chi connectivity index (χ2v) is 9.99. The highest BCUT2D eigenvalue weighted by molar-refractivity contribution is 7.98. The summed E-state index contributed by atoms with van der Waals surface area (Å²) in [7, 11) is 0. The van der Waals surface area contributed by atoms with Gasteiger partial charge >= 0.3 is 6.03 Å². The van der Waals surface area contributed by atoms with Crippen molar-refractivity contribution in [3.05, 3.63) is 109 Å². The van der Waals surface area contributed by atoms with E-state index in [4.69, 9.17) is 0 Å². The normalized spacial score (nSPS) is 11.0. The summed E-state index contributed by atoms with van der Waals surface area (Å²) in [4.78, 5) is 13.1. The maximum atomic E-state index is 13.1. The van der Waals surface area contributed by atoms with Crippen LogP contribution in [0.3, 0.4) is 0 Å². The number of thioether (sulfide) groups is 1. The Kier molecular flexibility index (Phi) is 7.53. The van der Waals surface area contributed by atoms with E-state index in [2.05, 4.69) is 84.3 Å². The van der Waals surface area contributed by atoms with Gasteiger partial charge in [-0.15, -0.1) is 0 Å². The Balaban J connectivity index is 1.65. The molecule has 0 aromatic heterocycles. The van der Waals surface area contributed by atoms with Gasteiger partial charge in [-0.2, -0.15) is 11.8 Å². The molecule has 2 amide bonds. The minimum absolute atomic E-state index is 0.253. The third-order valence-electron chi connectivity index (χ3n) is 6.37. The van der Waals surface area contributed by atoms with Gasteiger partial charge in [-0.1, -0.05) is 98.3 Å². The van der Waals surface area contributed by atoms with E-state index in [1.807, 2.05) is 48.2 Å². The molecule has 0 heterocycles. The molecule has 5 aromatic rings. The predicted molar refractivity (Wildman–Crippen MR) is 157 cm³/mol. The summed E-state index contributed by atoms with van der Waals surface area (Å²) in [5, 5.41) is 10.8. The molecule has 180 valence electrons. The second-order valence-electron chi connectivity index (χ2n) is 8.88. The number of amides is 2. The largest absolute Gasteiger partial charge is 0.323 e. The fraction of sp³-hybridized carbons (Fsp3) is 0.156. The summed E-state index contributed by atoms with van der Waals surface area (Å²) in [5.41, 5.74) is 5.12. The Labute approximate surface area is 216 Å². The molecule has 5 aromatic carbocycles. The van der Waals surface area contributed by atoms with Crippen molar-refractivity contribution in [3.63, 3.8) is 0 Å². The van der Waals surface area contributed by atoms with Crippen molar-refractivity contribution in [2.24, 2.45) is 0 Å². The average molecular weight is 491 g/mol. The number of carbonyl (C=O) groups excluding carboxylic acids is 1. The molecular formula is C32H30N2OS. The highest BCUT2D eigenvalue weighted by Crippen LogP contribution is 2.42. The van der Waals surface area contributed by atoms with E-state index in [9.17, 15) is 4.79 Å². The number of nitrogens with one attached hydrogen (secondary N) is 2. The zero-order valence-corrected chi connectivity index (χ0v) is 21.3. The molecule has 0 atom stereocenters. The van der Waals surface area contributed by atoms with Crippen LogP contribution < -0.4 is 10.6 Å². The maximum Gasteiger partial charge on any atom is 0.323 e. The van der Waals surface area contributed by atoms with Gasteiger partial charge in [-0.25, -0.2) is 4.79 Å².